The molecule has 4 atom stereocenters. The van der Waals surface area contributed by atoms with E-state index >= 15 is 0 Å². The molecule has 1 aromatic rings. The van der Waals surface area contributed by atoms with Gasteiger partial charge in [-0.15, -0.1) is 0 Å². The molecule has 138 valence electrons. The fourth-order valence-corrected chi connectivity index (χ4v) is 4.34. The monoisotopic (exact) mass is 356 g/mol. The minimum absolute atomic E-state index is 0.0365. The highest BCUT2D eigenvalue weighted by molar-refractivity contribution is 5.98. The number of amides is 4. The Labute approximate surface area is 152 Å². The third kappa shape index (κ3) is 2.91. The molecule has 4 amide bonds. The maximum atomic E-state index is 12.6. The quantitative estimate of drug-likeness (QED) is 0.848. The molecule has 3 aliphatic heterocycles. The van der Waals surface area contributed by atoms with Crippen LogP contribution in [0.5, 0.6) is 0 Å². The number of fused-ring (bicyclic) bond motifs is 2. The molecule has 3 aliphatic rings. The summed E-state index contributed by atoms with van der Waals surface area (Å²) in [5.74, 6) is 0.0731. The lowest BCUT2D eigenvalue weighted by Crippen LogP contribution is -2.60. The van der Waals surface area contributed by atoms with Crippen molar-refractivity contribution in [1.29, 1.82) is 0 Å². The van der Waals surface area contributed by atoms with Gasteiger partial charge in [0.2, 0.25) is 11.8 Å². The van der Waals surface area contributed by atoms with Crippen molar-refractivity contribution in [2.45, 2.75) is 50.4 Å². The first kappa shape index (κ1) is 16.9. The van der Waals surface area contributed by atoms with E-state index < -0.39 is 6.04 Å². The summed E-state index contributed by atoms with van der Waals surface area (Å²) < 4.78 is 0. The Morgan fingerprint density at radius 2 is 1.85 bits per heavy atom. The van der Waals surface area contributed by atoms with Gasteiger partial charge < -0.3 is 20.4 Å². The van der Waals surface area contributed by atoms with Gasteiger partial charge in [-0.2, -0.15) is 0 Å². The molecule has 1 aromatic carbocycles. The Hall–Kier alpha value is -2.57. The Balaban J connectivity index is 1.36. The van der Waals surface area contributed by atoms with E-state index in [1.54, 1.807) is 9.80 Å². The summed E-state index contributed by atoms with van der Waals surface area (Å²) in [5, 5.41) is 5.85. The Bertz CT molecular complexity index is 693. The molecule has 2 N–H and O–H groups in total. The molecule has 3 heterocycles. The molecule has 0 saturated carbocycles. The van der Waals surface area contributed by atoms with Crippen molar-refractivity contribution < 1.29 is 14.4 Å². The minimum atomic E-state index is -0.423. The van der Waals surface area contributed by atoms with Crippen LogP contribution in [0.25, 0.3) is 0 Å². The number of urea groups is 1. The summed E-state index contributed by atoms with van der Waals surface area (Å²) in [5.41, 5.74) is 1.03. The molecule has 3 fully saturated rings. The molecule has 0 unspecified atom stereocenters. The topological polar surface area (TPSA) is 81.8 Å². The third-order valence-electron chi connectivity index (χ3n) is 5.67. The van der Waals surface area contributed by atoms with Crippen molar-refractivity contribution in [3.63, 3.8) is 0 Å². The normalized spacial score (nSPS) is 28.6. The van der Waals surface area contributed by atoms with E-state index in [2.05, 4.69) is 10.6 Å². The predicted molar refractivity (Wildman–Crippen MR) is 95.2 cm³/mol. The highest BCUT2D eigenvalue weighted by Crippen LogP contribution is 2.32. The highest BCUT2D eigenvalue weighted by atomic mass is 16.2. The van der Waals surface area contributed by atoms with Crippen LogP contribution in [-0.4, -0.2) is 58.9 Å². The number of rotatable bonds is 3. The van der Waals surface area contributed by atoms with E-state index in [9.17, 15) is 14.4 Å². The standard InChI is InChI=1S/C19H24N4O3/c1-12(13-6-3-2-4-7-13)20-19(26)21-14-10-16-18(25)22-9-5-8-15(22)17(24)23(16)11-14/h2-4,6-7,12,14-16H,5,8-11H2,1H3,(H2,20,21,26)/t12-,14+,15-,16+/m1/s1. The Kier molecular flexibility index (Phi) is 4.30. The number of hydrogen-bond donors (Lipinski definition) is 2. The lowest BCUT2D eigenvalue weighted by Gasteiger charge is -2.38. The first-order chi connectivity index (χ1) is 12.5. The maximum absolute atomic E-state index is 12.6. The number of hydrogen-bond acceptors (Lipinski definition) is 3. The zero-order chi connectivity index (χ0) is 18.3. The van der Waals surface area contributed by atoms with Gasteiger partial charge in [-0.3, -0.25) is 9.59 Å². The van der Waals surface area contributed by atoms with E-state index in [1.165, 1.54) is 0 Å². The molecule has 0 spiro atoms. The summed E-state index contributed by atoms with van der Waals surface area (Å²) in [6.45, 7) is 3.01. The average Bonchev–Trinajstić information content (AvgIpc) is 3.28. The van der Waals surface area contributed by atoms with Gasteiger partial charge in [0.15, 0.2) is 0 Å². The van der Waals surface area contributed by atoms with E-state index in [4.69, 9.17) is 0 Å². The molecule has 0 aliphatic carbocycles. The van der Waals surface area contributed by atoms with Crippen LogP contribution in [0.3, 0.4) is 0 Å². The van der Waals surface area contributed by atoms with Crippen molar-refractivity contribution in [3.8, 4) is 0 Å². The van der Waals surface area contributed by atoms with Gasteiger partial charge in [0.05, 0.1) is 12.1 Å². The van der Waals surface area contributed by atoms with Gasteiger partial charge in [-0.1, -0.05) is 30.3 Å². The molecular formula is C19H24N4O3. The molecule has 0 aromatic heterocycles. The average molecular weight is 356 g/mol. The van der Waals surface area contributed by atoms with Crippen LogP contribution in [0.1, 0.15) is 37.8 Å². The van der Waals surface area contributed by atoms with Crippen LogP contribution >= 0.6 is 0 Å². The van der Waals surface area contributed by atoms with Gasteiger partial charge in [-0.25, -0.2) is 4.79 Å². The summed E-state index contributed by atoms with van der Waals surface area (Å²) >= 11 is 0. The molecule has 3 saturated heterocycles. The van der Waals surface area contributed by atoms with Crippen LogP contribution in [0, 0.1) is 0 Å². The van der Waals surface area contributed by atoms with Gasteiger partial charge >= 0.3 is 6.03 Å². The summed E-state index contributed by atoms with van der Waals surface area (Å²) in [7, 11) is 0. The summed E-state index contributed by atoms with van der Waals surface area (Å²) in [4.78, 5) is 41.0. The first-order valence-electron chi connectivity index (χ1n) is 9.27. The lowest BCUT2D eigenvalue weighted by molar-refractivity contribution is -0.156. The molecule has 7 nitrogen and oxygen atoms in total. The minimum Gasteiger partial charge on any atom is -0.334 e. The molecular weight excluding hydrogens is 332 g/mol. The smallest absolute Gasteiger partial charge is 0.315 e. The lowest BCUT2D eigenvalue weighted by atomic mass is 10.1. The molecule has 0 bridgehead atoms. The second-order valence-corrected chi connectivity index (χ2v) is 7.38. The molecule has 26 heavy (non-hydrogen) atoms. The molecule has 4 rings (SSSR count). The van der Waals surface area contributed by atoms with Crippen molar-refractivity contribution in [2.75, 3.05) is 13.1 Å². The van der Waals surface area contributed by atoms with Crippen LogP contribution < -0.4 is 10.6 Å². The number of piperazine rings is 1. The highest BCUT2D eigenvalue weighted by Gasteiger charge is 2.51. The van der Waals surface area contributed by atoms with E-state index in [0.717, 1.165) is 18.4 Å². The fraction of sp³-hybridized carbons (Fsp3) is 0.526. The van der Waals surface area contributed by atoms with Gasteiger partial charge in [-0.05, 0) is 31.7 Å². The van der Waals surface area contributed by atoms with Gasteiger partial charge in [0.25, 0.3) is 0 Å². The largest absolute Gasteiger partial charge is 0.334 e. The van der Waals surface area contributed by atoms with E-state index in [-0.39, 0.29) is 36.0 Å². The van der Waals surface area contributed by atoms with Crippen LogP contribution in [0.15, 0.2) is 30.3 Å². The number of nitrogens with one attached hydrogen (secondary N) is 2. The zero-order valence-electron chi connectivity index (χ0n) is 14.9. The number of nitrogens with zero attached hydrogens (tertiary/aromatic N) is 2. The molecule has 7 heteroatoms. The van der Waals surface area contributed by atoms with Crippen molar-refractivity contribution in [1.82, 2.24) is 20.4 Å². The molecule has 0 radical (unpaired) electrons. The van der Waals surface area contributed by atoms with Crippen LogP contribution in [0.2, 0.25) is 0 Å². The fourth-order valence-electron chi connectivity index (χ4n) is 4.34. The number of carbonyl (C=O) groups excluding carboxylic acids is 3. The second-order valence-electron chi connectivity index (χ2n) is 7.38. The SMILES string of the molecule is C[C@@H](NC(=O)N[C@H]1C[C@H]2C(=O)N3CCC[C@@H]3C(=O)N2C1)c1ccccc1. The number of carbonyl (C=O) groups is 3. The summed E-state index contributed by atoms with van der Waals surface area (Å²) in [6, 6.07) is 8.43. The van der Waals surface area contributed by atoms with Crippen LogP contribution in [-0.2, 0) is 9.59 Å². The van der Waals surface area contributed by atoms with Crippen molar-refractivity contribution in [2.24, 2.45) is 0 Å². The second kappa shape index (κ2) is 6.63. The zero-order valence-corrected chi connectivity index (χ0v) is 14.9. The third-order valence-corrected chi connectivity index (χ3v) is 5.67. The van der Waals surface area contributed by atoms with Gasteiger partial charge in [0, 0.05) is 13.1 Å². The predicted octanol–water partition coefficient (Wildman–Crippen LogP) is 1.02. The summed E-state index contributed by atoms with van der Waals surface area (Å²) in [6.07, 6.45) is 2.13. The first-order valence-corrected chi connectivity index (χ1v) is 9.27. The van der Waals surface area contributed by atoms with E-state index in [0.29, 0.717) is 19.5 Å². The van der Waals surface area contributed by atoms with Crippen molar-refractivity contribution in [3.05, 3.63) is 35.9 Å². The van der Waals surface area contributed by atoms with Gasteiger partial charge in [0.1, 0.15) is 12.1 Å². The Morgan fingerprint density at radius 1 is 1.12 bits per heavy atom. The number of benzene rings is 1. The Morgan fingerprint density at radius 3 is 2.62 bits per heavy atom. The maximum Gasteiger partial charge on any atom is 0.315 e. The van der Waals surface area contributed by atoms with E-state index in [1.807, 2.05) is 37.3 Å². The van der Waals surface area contributed by atoms with Crippen LogP contribution in [0.4, 0.5) is 4.79 Å². The van der Waals surface area contributed by atoms with Crippen molar-refractivity contribution >= 4 is 17.8 Å².